The van der Waals surface area contributed by atoms with Crippen LogP contribution in [0, 0.1) is 0 Å². The Kier molecular flexibility index (Phi) is 4.41. The maximum absolute atomic E-state index is 12.5. The number of pyridine rings is 1. The lowest BCUT2D eigenvalue weighted by Gasteiger charge is -2.10. The Morgan fingerprint density at radius 1 is 0.962 bits per heavy atom. The summed E-state index contributed by atoms with van der Waals surface area (Å²) in [6.07, 6.45) is 1.60. The van der Waals surface area contributed by atoms with Crippen LogP contribution in [0.1, 0.15) is 10.4 Å². The van der Waals surface area contributed by atoms with E-state index >= 15 is 0 Å². The number of halogens is 3. The summed E-state index contributed by atoms with van der Waals surface area (Å²) >= 11 is 0. The first-order chi connectivity index (χ1) is 12.2. The molecule has 1 N–H and O–H groups in total. The topological polar surface area (TPSA) is 76.1 Å². The Labute approximate surface area is 146 Å². The Hall–Kier alpha value is -2.94. The average molecular weight is 380 g/mol. The predicted octanol–water partition coefficient (Wildman–Crippen LogP) is 3.78. The van der Waals surface area contributed by atoms with Crippen LogP contribution in [0.3, 0.4) is 0 Å². The van der Waals surface area contributed by atoms with Crippen LogP contribution in [0.4, 0.5) is 18.9 Å². The van der Waals surface area contributed by atoms with Crippen molar-refractivity contribution in [1.82, 2.24) is 4.98 Å². The molecule has 3 aromatic rings. The second-order valence-electron chi connectivity index (χ2n) is 5.30. The molecule has 0 aliphatic heterocycles. The summed E-state index contributed by atoms with van der Waals surface area (Å²) in [5.41, 5.74) is -4.23. The van der Waals surface area contributed by atoms with E-state index in [1.807, 2.05) is 0 Å². The Bertz CT molecular complexity index is 1070. The molecule has 0 spiro atoms. The molecule has 1 aromatic heterocycles. The lowest BCUT2D eigenvalue weighted by atomic mass is 10.1. The van der Waals surface area contributed by atoms with Crippen molar-refractivity contribution in [2.75, 3.05) is 5.32 Å². The molecule has 26 heavy (non-hydrogen) atoms. The third-order valence-electron chi connectivity index (χ3n) is 3.63. The fraction of sp³-hybridized carbons (Fsp3) is 0.0588. The standard InChI is InChI=1S/C17H11F3N2O3S/c18-17(19,20)26(24,25)12-8-6-11(7-9-12)16(23)22-15-5-1-4-14-13(15)3-2-10-21-14/h1-10H,(H,22,23). The smallest absolute Gasteiger partial charge is 0.321 e. The third kappa shape index (κ3) is 3.25. The molecule has 0 aliphatic rings. The fourth-order valence-corrected chi connectivity index (χ4v) is 3.09. The minimum atomic E-state index is -5.45. The highest BCUT2D eigenvalue weighted by Gasteiger charge is 2.46. The molecule has 3 rings (SSSR count). The summed E-state index contributed by atoms with van der Waals surface area (Å²) in [6, 6.07) is 12.1. The number of sulfone groups is 1. The molecule has 9 heteroatoms. The molecule has 2 aromatic carbocycles. The number of nitrogens with one attached hydrogen (secondary N) is 1. The van der Waals surface area contributed by atoms with Gasteiger partial charge in [0.05, 0.1) is 16.1 Å². The number of fused-ring (bicyclic) bond motifs is 1. The highest BCUT2D eigenvalue weighted by atomic mass is 32.2. The number of nitrogens with zero attached hydrogens (tertiary/aromatic N) is 1. The normalized spacial score (nSPS) is 12.1. The van der Waals surface area contributed by atoms with Gasteiger partial charge in [0.1, 0.15) is 0 Å². The van der Waals surface area contributed by atoms with Crippen molar-refractivity contribution in [1.29, 1.82) is 0 Å². The molecule has 0 saturated carbocycles. The number of alkyl halides is 3. The van der Waals surface area contributed by atoms with Crippen molar-refractivity contribution in [2.24, 2.45) is 0 Å². The maximum Gasteiger partial charge on any atom is 0.501 e. The molecule has 0 aliphatic carbocycles. The molecular weight excluding hydrogens is 369 g/mol. The molecule has 0 saturated heterocycles. The number of hydrogen-bond acceptors (Lipinski definition) is 4. The highest BCUT2D eigenvalue weighted by molar-refractivity contribution is 7.92. The summed E-state index contributed by atoms with van der Waals surface area (Å²) in [4.78, 5) is 15.6. The van der Waals surface area contributed by atoms with Gasteiger partial charge in [-0.15, -0.1) is 0 Å². The molecular formula is C17H11F3N2O3S. The number of aromatic nitrogens is 1. The number of carbonyl (C=O) groups excluding carboxylic acids is 1. The number of benzene rings is 2. The first-order valence-electron chi connectivity index (χ1n) is 7.27. The van der Waals surface area contributed by atoms with E-state index in [1.54, 1.807) is 36.5 Å². The Morgan fingerprint density at radius 3 is 2.31 bits per heavy atom. The monoisotopic (exact) mass is 380 g/mol. The van der Waals surface area contributed by atoms with Crippen LogP contribution in [-0.4, -0.2) is 24.8 Å². The van der Waals surface area contributed by atoms with Crippen molar-refractivity contribution < 1.29 is 26.4 Å². The number of carbonyl (C=O) groups is 1. The lowest BCUT2D eigenvalue weighted by Crippen LogP contribution is -2.23. The Morgan fingerprint density at radius 2 is 1.65 bits per heavy atom. The van der Waals surface area contributed by atoms with Gasteiger partial charge in [0.25, 0.3) is 15.7 Å². The van der Waals surface area contributed by atoms with Crippen molar-refractivity contribution in [3.05, 3.63) is 66.4 Å². The molecule has 0 atom stereocenters. The van der Waals surface area contributed by atoms with Crippen molar-refractivity contribution in [2.45, 2.75) is 10.4 Å². The van der Waals surface area contributed by atoms with E-state index in [9.17, 15) is 26.4 Å². The van der Waals surface area contributed by atoms with Crippen LogP contribution in [0.15, 0.2) is 65.7 Å². The first-order valence-corrected chi connectivity index (χ1v) is 8.75. The van der Waals surface area contributed by atoms with Gasteiger partial charge in [0.2, 0.25) is 0 Å². The molecule has 5 nitrogen and oxygen atoms in total. The van der Waals surface area contributed by atoms with Crippen molar-refractivity contribution in [3.63, 3.8) is 0 Å². The summed E-state index contributed by atoms with van der Waals surface area (Å²) < 4.78 is 60.3. The van der Waals surface area contributed by atoms with Crippen LogP contribution in [0.25, 0.3) is 10.9 Å². The number of anilines is 1. The zero-order valence-corrected chi connectivity index (χ0v) is 13.8. The van der Waals surface area contributed by atoms with Gasteiger partial charge in [-0.05, 0) is 48.5 Å². The number of amides is 1. The van der Waals surface area contributed by atoms with Gasteiger partial charge < -0.3 is 5.32 Å². The van der Waals surface area contributed by atoms with E-state index < -0.39 is 26.1 Å². The quantitative estimate of drug-likeness (QED) is 0.750. The number of hydrogen-bond donors (Lipinski definition) is 1. The van der Waals surface area contributed by atoms with E-state index in [4.69, 9.17) is 0 Å². The van der Waals surface area contributed by atoms with E-state index in [1.165, 1.54) is 0 Å². The summed E-state index contributed by atoms with van der Waals surface area (Å²) in [6.45, 7) is 0. The highest BCUT2D eigenvalue weighted by Crippen LogP contribution is 2.30. The van der Waals surface area contributed by atoms with E-state index in [2.05, 4.69) is 10.3 Å². The zero-order chi connectivity index (χ0) is 18.9. The van der Waals surface area contributed by atoms with E-state index in [0.717, 1.165) is 24.3 Å². The SMILES string of the molecule is O=C(Nc1cccc2ncccc12)c1ccc(S(=O)(=O)C(F)(F)F)cc1. The summed E-state index contributed by atoms with van der Waals surface area (Å²) in [5, 5.41) is 3.33. The van der Waals surface area contributed by atoms with Gasteiger partial charge in [0, 0.05) is 17.1 Å². The molecule has 0 fully saturated rings. The van der Waals surface area contributed by atoms with Gasteiger partial charge >= 0.3 is 5.51 Å². The van der Waals surface area contributed by atoms with Gasteiger partial charge in [-0.1, -0.05) is 6.07 Å². The predicted molar refractivity (Wildman–Crippen MR) is 89.4 cm³/mol. The van der Waals surface area contributed by atoms with Gasteiger partial charge in [0.15, 0.2) is 0 Å². The van der Waals surface area contributed by atoms with Crippen LogP contribution in [0.5, 0.6) is 0 Å². The van der Waals surface area contributed by atoms with Crippen molar-refractivity contribution >= 4 is 32.3 Å². The van der Waals surface area contributed by atoms with Crippen LogP contribution in [0.2, 0.25) is 0 Å². The molecule has 134 valence electrons. The fourth-order valence-electron chi connectivity index (χ4n) is 2.33. The number of rotatable bonds is 3. The Balaban J connectivity index is 1.87. The lowest BCUT2D eigenvalue weighted by molar-refractivity contribution is -0.0436. The molecule has 1 amide bonds. The van der Waals surface area contributed by atoms with Crippen LogP contribution < -0.4 is 5.32 Å². The maximum atomic E-state index is 12.5. The minimum absolute atomic E-state index is 0.0204. The molecule has 1 heterocycles. The molecule has 0 unspecified atom stereocenters. The largest absolute Gasteiger partial charge is 0.501 e. The van der Waals surface area contributed by atoms with Gasteiger partial charge in [-0.2, -0.15) is 13.2 Å². The molecule has 0 radical (unpaired) electrons. The summed E-state index contributed by atoms with van der Waals surface area (Å²) in [5.74, 6) is -0.586. The second-order valence-corrected chi connectivity index (χ2v) is 7.24. The van der Waals surface area contributed by atoms with Crippen LogP contribution >= 0.6 is 0 Å². The van der Waals surface area contributed by atoms with E-state index in [0.29, 0.717) is 16.6 Å². The van der Waals surface area contributed by atoms with Crippen LogP contribution in [-0.2, 0) is 9.84 Å². The van der Waals surface area contributed by atoms with Gasteiger partial charge in [-0.25, -0.2) is 8.42 Å². The van der Waals surface area contributed by atoms with Crippen molar-refractivity contribution in [3.8, 4) is 0 Å². The second kappa shape index (κ2) is 6.41. The minimum Gasteiger partial charge on any atom is -0.321 e. The van der Waals surface area contributed by atoms with Gasteiger partial charge in [-0.3, -0.25) is 9.78 Å². The average Bonchev–Trinajstić information content (AvgIpc) is 2.61. The third-order valence-corrected chi connectivity index (χ3v) is 5.13. The first kappa shape index (κ1) is 17.9. The molecule has 0 bridgehead atoms. The van der Waals surface area contributed by atoms with E-state index in [-0.39, 0.29) is 5.56 Å². The zero-order valence-electron chi connectivity index (χ0n) is 13.0. The summed E-state index contributed by atoms with van der Waals surface area (Å²) in [7, 11) is -5.45.